The third kappa shape index (κ3) is 12.9. The van der Waals surface area contributed by atoms with Crippen LogP contribution in [0, 0.1) is 0 Å². The smallest absolute Gasteiger partial charge is 0.330 e. The highest BCUT2D eigenvalue weighted by Gasteiger charge is 1.98. The molecule has 22 heavy (non-hydrogen) atoms. The maximum atomic E-state index is 11.5. The van der Waals surface area contributed by atoms with E-state index in [0.29, 0.717) is 6.61 Å². The van der Waals surface area contributed by atoms with Gasteiger partial charge in [0.05, 0.1) is 6.61 Å². The van der Waals surface area contributed by atoms with Gasteiger partial charge < -0.3 is 4.74 Å². The largest absolute Gasteiger partial charge is 0.463 e. The van der Waals surface area contributed by atoms with E-state index in [4.69, 9.17) is 4.74 Å². The molecule has 0 saturated heterocycles. The molecule has 0 fully saturated rings. The predicted octanol–water partition coefficient (Wildman–Crippen LogP) is 6.34. The van der Waals surface area contributed by atoms with Crippen LogP contribution in [0.5, 0.6) is 0 Å². The second-order valence-corrected chi connectivity index (χ2v) is 6.66. The molecule has 1 rings (SSSR count). The molecule has 0 N–H and O–H groups in total. The van der Waals surface area contributed by atoms with E-state index in [9.17, 15) is 4.79 Å². The predicted molar refractivity (Wildman–Crippen MR) is 94.0 cm³/mol. The Bertz CT molecular complexity index is 283. The molecule has 0 spiro atoms. The minimum Gasteiger partial charge on any atom is -0.463 e. The fourth-order valence-electron chi connectivity index (χ4n) is 3.06. The summed E-state index contributed by atoms with van der Waals surface area (Å²) in [5.74, 6) is -0.161. The summed E-state index contributed by atoms with van der Waals surface area (Å²) in [5, 5.41) is 0. The number of carbonyl (C=O) groups excluding carboxylic acids is 1. The topological polar surface area (TPSA) is 26.3 Å². The average Bonchev–Trinajstić information content (AvgIpc) is 2.52. The van der Waals surface area contributed by atoms with Crippen molar-refractivity contribution < 1.29 is 9.53 Å². The van der Waals surface area contributed by atoms with E-state index in [2.05, 4.69) is 0 Å². The summed E-state index contributed by atoms with van der Waals surface area (Å²) >= 11 is 0. The van der Waals surface area contributed by atoms with Crippen LogP contribution < -0.4 is 0 Å². The maximum absolute atomic E-state index is 11.5. The zero-order valence-corrected chi connectivity index (χ0v) is 14.5. The SMILES string of the molecule is O=C1/C=C\CCCCCCCCCCCCCCCCCO1. The summed E-state index contributed by atoms with van der Waals surface area (Å²) in [4.78, 5) is 11.5. The fraction of sp³-hybridized carbons (Fsp3) is 0.850. The van der Waals surface area contributed by atoms with Crippen LogP contribution >= 0.6 is 0 Å². The van der Waals surface area contributed by atoms with Gasteiger partial charge in [0.25, 0.3) is 0 Å². The van der Waals surface area contributed by atoms with Gasteiger partial charge in [-0.05, 0) is 19.3 Å². The van der Waals surface area contributed by atoms with Crippen LogP contribution in [-0.2, 0) is 9.53 Å². The fourth-order valence-corrected chi connectivity index (χ4v) is 3.06. The molecule has 1 aliphatic heterocycles. The lowest BCUT2D eigenvalue weighted by Crippen LogP contribution is -2.02. The van der Waals surface area contributed by atoms with Crippen LogP contribution in [0.2, 0.25) is 0 Å². The lowest BCUT2D eigenvalue weighted by atomic mass is 10.0. The monoisotopic (exact) mass is 308 g/mol. The normalized spacial score (nSPS) is 23.9. The molecule has 0 aromatic heterocycles. The van der Waals surface area contributed by atoms with Gasteiger partial charge in [-0.25, -0.2) is 4.79 Å². The first kappa shape index (κ1) is 19.3. The Kier molecular flexibility index (Phi) is 13.2. The highest BCUT2D eigenvalue weighted by molar-refractivity contribution is 5.81. The van der Waals surface area contributed by atoms with Crippen molar-refractivity contribution in [2.45, 2.75) is 103 Å². The zero-order valence-electron chi connectivity index (χ0n) is 14.5. The molecule has 0 aromatic carbocycles. The molecule has 2 nitrogen and oxygen atoms in total. The summed E-state index contributed by atoms with van der Waals surface area (Å²) in [6.07, 6.45) is 24.5. The van der Waals surface area contributed by atoms with Crippen molar-refractivity contribution in [3.05, 3.63) is 12.2 Å². The molecule has 0 aromatic rings. The molecule has 2 heteroatoms. The number of rotatable bonds is 0. The molecule has 0 unspecified atom stereocenters. The minimum atomic E-state index is -0.161. The molecule has 0 atom stereocenters. The van der Waals surface area contributed by atoms with Gasteiger partial charge in [-0.15, -0.1) is 0 Å². The Morgan fingerprint density at radius 3 is 1.50 bits per heavy atom. The molecular weight excluding hydrogens is 272 g/mol. The van der Waals surface area contributed by atoms with E-state index >= 15 is 0 Å². The van der Waals surface area contributed by atoms with Gasteiger partial charge in [-0.3, -0.25) is 0 Å². The Balaban J connectivity index is 2.15. The molecule has 128 valence electrons. The highest BCUT2D eigenvalue weighted by Crippen LogP contribution is 2.14. The first-order valence-corrected chi connectivity index (χ1v) is 9.73. The molecule has 0 bridgehead atoms. The minimum absolute atomic E-state index is 0.161. The second-order valence-electron chi connectivity index (χ2n) is 6.66. The van der Waals surface area contributed by atoms with E-state index in [0.717, 1.165) is 12.8 Å². The van der Waals surface area contributed by atoms with Crippen molar-refractivity contribution in [3.63, 3.8) is 0 Å². The van der Waals surface area contributed by atoms with Crippen LogP contribution in [0.4, 0.5) is 0 Å². The van der Waals surface area contributed by atoms with Crippen LogP contribution in [0.25, 0.3) is 0 Å². The van der Waals surface area contributed by atoms with Gasteiger partial charge in [-0.2, -0.15) is 0 Å². The first-order valence-electron chi connectivity index (χ1n) is 9.73. The van der Waals surface area contributed by atoms with Gasteiger partial charge in [0.15, 0.2) is 0 Å². The molecule has 1 aliphatic rings. The van der Waals surface area contributed by atoms with Crippen LogP contribution in [-0.4, -0.2) is 12.6 Å². The summed E-state index contributed by atoms with van der Waals surface area (Å²) in [5.41, 5.74) is 0. The Labute approximate surface area is 137 Å². The van der Waals surface area contributed by atoms with E-state index in [1.54, 1.807) is 6.08 Å². The van der Waals surface area contributed by atoms with Gasteiger partial charge in [0.1, 0.15) is 0 Å². The van der Waals surface area contributed by atoms with Gasteiger partial charge in [-0.1, -0.05) is 89.5 Å². The number of cyclic esters (lactones) is 1. The number of carbonyl (C=O) groups is 1. The maximum Gasteiger partial charge on any atom is 0.330 e. The zero-order chi connectivity index (χ0) is 15.7. The number of hydrogen-bond donors (Lipinski definition) is 0. The second kappa shape index (κ2) is 15.1. The molecule has 1 heterocycles. The van der Waals surface area contributed by atoms with Crippen molar-refractivity contribution in [1.82, 2.24) is 0 Å². The van der Waals surface area contributed by atoms with Crippen LogP contribution in [0.15, 0.2) is 12.2 Å². The lowest BCUT2D eigenvalue weighted by Gasteiger charge is -2.03. The van der Waals surface area contributed by atoms with Crippen molar-refractivity contribution >= 4 is 5.97 Å². The van der Waals surface area contributed by atoms with Crippen LogP contribution in [0.3, 0.4) is 0 Å². The molecule has 0 amide bonds. The first-order chi connectivity index (χ1) is 10.9. The quantitative estimate of drug-likeness (QED) is 0.488. The van der Waals surface area contributed by atoms with E-state index < -0.39 is 0 Å². The highest BCUT2D eigenvalue weighted by atomic mass is 16.5. The van der Waals surface area contributed by atoms with Crippen molar-refractivity contribution in [1.29, 1.82) is 0 Å². The molecule has 0 radical (unpaired) electrons. The van der Waals surface area contributed by atoms with E-state index in [1.807, 2.05) is 6.08 Å². The van der Waals surface area contributed by atoms with Crippen molar-refractivity contribution in [3.8, 4) is 0 Å². The third-order valence-electron chi connectivity index (χ3n) is 4.51. The number of hydrogen-bond acceptors (Lipinski definition) is 2. The van der Waals surface area contributed by atoms with Gasteiger partial charge >= 0.3 is 5.97 Å². The van der Waals surface area contributed by atoms with E-state index in [1.165, 1.54) is 89.9 Å². The number of allylic oxidation sites excluding steroid dienone is 1. The lowest BCUT2D eigenvalue weighted by molar-refractivity contribution is -0.137. The van der Waals surface area contributed by atoms with Crippen LogP contribution in [0.1, 0.15) is 103 Å². The molecule has 0 aliphatic carbocycles. The third-order valence-corrected chi connectivity index (χ3v) is 4.51. The van der Waals surface area contributed by atoms with Crippen molar-refractivity contribution in [2.24, 2.45) is 0 Å². The summed E-state index contributed by atoms with van der Waals surface area (Å²) in [7, 11) is 0. The summed E-state index contributed by atoms with van der Waals surface area (Å²) in [6, 6.07) is 0. The van der Waals surface area contributed by atoms with Crippen molar-refractivity contribution in [2.75, 3.05) is 6.61 Å². The molecular formula is C20H36O2. The summed E-state index contributed by atoms with van der Waals surface area (Å²) in [6.45, 7) is 0.586. The number of esters is 1. The van der Waals surface area contributed by atoms with Gasteiger partial charge in [0.2, 0.25) is 0 Å². The Morgan fingerprint density at radius 1 is 0.591 bits per heavy atom. The summed E-state index contributed by atoms with van der Waals surface area (Å²) < 4.78 is 5.21. The van der Waals surface area contributed by atoms with E-state index in [-0.39, 0.29) is 5.97 Å². The Morgan fingerprint density at radius 2 is 1.00 bits per heavy atom. The number of ether oxygens (including phenoxy) is 1. The average molecular weight is 309 g/mol. The van der Waals surface area contributed by atoms with Gasteiger partial charge in [0, 0.05) is 6.08 Å². The molecule has 0 saturated carbocycles. The Hall–Kier alpha value is -0.790. The standard InChI is InChI=1S/C20H36O2/c21-20-18-16-14-12-10-8-6-4-2-1-3-5-7-9-11-13-15-17-19-22-20/h16,18H,1-15,17,19H2/b18-16-.